The minimum Gasteiger partial charge on any atom is -0.482 e. The number of nitrogens with one attached hydrogen (secondary N) is 1. The van der Waals surface area contributed by atoms with Crippen LogP contribution in [0.25, 0.3) is 0 Å². The molecule has 7 heteroatoms. The lowest BCUT2D eigenvalue weighted by atomic mass is 10.2. The number of rotatable bonds is 7. The lowest BCUT2D eigenvalue weighted by molar-refractivity contribution is -0.150. The first-order valence-electron chi connectivity index (χ1n) is 7.33. The van der Waals surface area contributed by atoms with E-state index in [1.807, 2.05) is 6.92 Å². The zero-order valence-electron chi connectivity index (χ0n) is 13.4. The molecular formula is C17H18ClNO5. The minimum absolute atomic E-state index is 0.290. The summed E-state index contributed by atoms with van der Waals surface area (Å²) in [7, 11) is 0. The molecule has 1 aromatic heterocycles. The van der Waals surface area contributed by atoms with Crippen molar-refractivity contribution in [3.63, 3.8) is 0 Å². The highest BCUT2D eigenvalue weighted by molar-refractivity contribution is 6.31. The van der Waals surface area contributed by atoms with Crippen LogP contribution in [0, 0.1) is 6.92 Å². The first kappa shape index (κ1) is 17.9. The van der Waals surface area contributed by atoms with Gasteiger partial charge in [-0.1, -0.05) is 11.6 Å². The number of halogens is 1. The summed E-state index contributed by atoms with van der Waals surface area (Å²) >= 11 is 5.91. The number of esters is 1. The number of carbonyl (C=O) groups is 2. The molecule has 0 aliphatic heterocycles. The average Bonchev–Trinajstić information content (AvgIpc) is 3.08. The smallest absolute Gasteiger partial charge is 0.344 e. The van der Waals surface area contributed by atoms with E-state index in [1.54, 1.807) is 37.3 Å². The summed E-state index contributed by atoms with van der Waals surface area (Å²) in [6.45, 7) is 2.93. The largest absolute Gasteiger partial charge is 0.482 e. The van der Waals surface area contributed by atoms with Crippen LogP contribution in [0.1, 0.15) is 24.3 Å². The van der Waals surface area contributed by atoms with Crippen molar-refractivity contribution in [3.05, 3.63) is 52.9 Å². The number of aryl methyl sites for hydroxylation is 1. The van der Waals surface area contributed by atoms with Gasteiger partial charge in [0.05, 0.1) is 12.3 Å². The number of benzene rings is 1. The highest BCUT2D eigenvalue weighted by Crippen LogP contribution is 2.20. The fourth-order valence-corrected chi connectivity index (χ4v) is 2.05. The van der Waals surface area contributed by atoms with E-state index in [0.717, 1.165) is 5.56 Å². The Morgan fingerprint density at radius 3 is 2.75 bits per heavy atom. The second-order valence-corrected chi connectivity index (χ2v) is 5.57. The van der Waals surface area contributed by atoms with Crippen LogP contribution in [0.15, 0.2) is 41.0 Å². The molecule has 24 heavy (non-hydrogen) atoms. The topological polar surface area (TPSA) is 77.8 Å². The van der Waals surface area contributed by atoms with E-state index in [9.17, 15) is 9.59 Å². The van der Waals surface area contributed by atoms with E-state index in [4.69, 9.17) is 25.5 Å². The van der Waals surface area contributed by atoms with Gasteiger partial charge in [-0.2, -0.15) is 0 Å². The van der Waals surface area contributed by atoms with Crippen LogP contribution in [0.2, 0.25) is 5.02 Å². The molecule has 2 rings (SSSR count). The normalized spacial score (nSPS) is 11.6. The van der Waals surface area contributed by atoms with Crippen molar-refractivity contribution in [2.75, 3.05) is 13.2 Å². The number of carbonyl (C=O) groups excluding carboxylic acids is 2. The van der Waals surface area contributed by atoms with E-state index < -0.39 is 11.9 Å². The summed E-state index contributed by atoms with van der Waals surface area (Å²) in [6.07, 6.45) is 1.52. The lowest BCUT2D eigenvalue weighted by Gasteiger charge is -2.12. The first-order chi connectivity index (χ1) is 11.5. The Hall–Kier alpha value is -2.47. The van der Waals surface area contributed by atoms with Gasteiger partial charge < -0.3 is 19.2 Å². The van der Waals surface area contributed by atoms with Crippen molar-refractivity contribution < 1.29 is 23.5 Å². The predicted octanol–water partition coefficient (Wildman–Crippen LogP) is 3.04. The van der Waals surface area contributed by atoms with Gasteiger partial charge in [0.15, 0.2) is 13.2 Å². The van der Waals surface area contributed by atoms with Crippen LogP contribution in [-0.2, 0) is 14.3 Å². The van der Waals surface area contributed by atoms with Gasteiger partial charge in [0.1, 0.15) is 11.5 Å². The molecule has 0 bridgehead atoms. The molecule has 0 saturated heterocycles. The van der Waals surface area contributed by atoms with Crippen molar-refractivity contribution in [1.29, 1.82) is 0 Å². The van der Waals surface area contributed by atoms with Crippen molar-refractivity contribution in [2.24, 2.45) is 0 Å². The molecule has 2 aromatic rings. The van der Waals surface area contributed by atoms with E-state index >= 15 is 0 Å². The number of hydrogen-bond acceptors (Lipinski definition) is 5. The summed E-state index contributed by atoms with van der Waals surface area (Å²) in [5, 5.41) is 3.28. The maximum Gasteiger partial charge on any atom is 0.344 e. The molecule has 1 aromatic carbocycles. The Kier molecular flexibility index (Phi) is 6.26. The van der Waals surface area contributed by atoms with Crippen molar-refractivity contribution in [2.45, 2.75) is 19.9 Å². The maximum absolute atomic E-state index is 11.7. The Balaban J connectivity index is 1.70. The third kappa shape index (κ3) is 5.31. The quantitative estimate of drug-likeness (QED) is 0.776. The molecule has 0 aliphatic carbocycles. The van der Waals surface area contributed by atoms with Gasteiger partial charge >= 0.3 is 5.97 Å². The fourth-order valence-electron chi connectivity index (χ4n) is 1.93. The highest BCUT2D eigenvalue weighted by Gasteiger charge is 2.14. The monoisotopic (exact) mass is 351 g/mol. The van der Waals surface area contributed by atoms with Crippen LogP contribution in [-0.4, -0.2) is 25.1 Å². The molecule has 128 valence electrons. The van der Waals surface area contributed by atoms with Crippen LogP contribution < -0.4 is 10.1 Å². The van der Waals surface area contributed by atoms with Crippen molar-refractivity contribution >= 4 is 23.5 Å². The van der Waals surface area contributed by atoms with E-state index in [2.05, 4.69) is 5.32 Å². The van der Waals surface area contributed by atoms with Gasteiger partial charge in [0.2, 0.25) is 0 Å². The molecule has 1 amide bonds. The van der Waals surface area contributed by atoms with Crippen LogP contribution >= 0.6 is 11.6 Å². The van der Waals surface area contributed by atoms with Gasteiger partial charge in [-0.15, -0.1) is 0 Å². The van der Waals surface area contributed by atoms with Crippen LogP contribution in [0.4, 0.5) is 0 Å². The fraction of sp³-hybridized carbons (Fsp3) is 0.294. The molecule has 0 radical (unpaired) electrons. The number of hydrogen-bond donors (Lipinski definition) is 1. The van der Waals surface area contributed by atoms with Crippen LogP contribution in [0.5, 0.6) is 5.75 Å². The summed E-state index contributed by atoms with van der Waals surface area (Å²) < 4.78 is 15.3. The van der Waals surface area contributed by atoms with Gasteiger partial charge in [0, 0.05) is 5.02 Å². The molecule has 0 fully saturated rings. The summed E-state index contributed by atoms with van der Waals surface area (Å²) in [5.41, 5.74) is 0.842. The van der Waals surface area contributed by atoms with Crippen molar-refractivity contribution in [3.8, 4) is 5.75 Å². The van der Waals surface area contributed by atoms with Gasteiger partial charge in [-0.25, -0.2) is 4.79 Å². The zero-order chi connectivity index (χ0) is 17.5. The SMILES string of the molecule is Cc1cc(OCC(=O)OCC(=O)N[C@H](C)c2ccco2)ccc1Cl. The Bertz CT molecular complexity index is 699. The summed E-state index contributed by atoms with van der Waals surface area (Å²) in [5.74, 6) is 0.0684. The van der Waals surface area contributed by atoms with Gasteiger partial charge in [-0.3, -0.25) is 4.79 Å². The van der Waals surface area contributed by atoms with Crippen molar-refractivity contribution in [1.82, 2.24) is 5.32 Å². The molecule has 1 heterocycles. The van der Waals surface area contributed by atoms with E-state index in [1.165, 1.54) is 6.26 Å². The first-order valence-corrected chi connectivity index (χ1v) is 7.71. The van der Waals surface area contributed by atoms with Crippen LogP contribution in [0.3, 0.4) is 0 Å². The highest BCUT2D eigenvalue weighted by atomic mass is 35.5. The standard InChI is InChI=1S/C17H18ClNO5/c1-11-8-13(5-6-14(11)18)23-10-17(21)24-9-16(20)19-12(2)15-4-3-7-22-15/h3-8,12H,9-10H2,1-2H3,(H,19,20)/t12-/m1/s1. The van der Waals surface area contributed by atoms with Gasteiger partial charge in [0.25, 0.3) is 5.91 Å². The molecule has 6 nitrogen and oxygen atoms in total. The van der Waals surface area contributed by atoms with E-state index in [-0.39, 0.29) is 19.3 Å². The second-order valence-electron chi connectivity index (χ2n) is 5.16. The summed E-state index contributed by atoms with van der Waals surface area (Å²) in [4.78, 5) is 23.3. The summed E-state index contributed by atoms with van der Waals surface area (Å²) in [6, 6.07) is 8.22. The number of amides is 1. The minimum atomic E-state index is -0.636. The van der Waals surface area contributed by atoms with E-state index in [0.29, 0.717) is 16.5 Å². The Morgan fingerprint density at radius 1 is 1.29 bits per heavy atom. The second kappa shape index (κ2) is 8.40. The predicted molar refractivity (Wildman–Crippen MR) is 87.9 cm³/mol. The molecule has 0 spiro atoms. The number of furan rings is 1. The molecule has 0 aliphatic rings. The average molecular weight is 352 g/mol. The molecule has 1 atom stereocenters. The third-order valence-electron chi connectivity index (χ3n) is 3.20. The lowest BCUT2D eigenvalue weighted by Crippen LogP contribution is -2.31. The maximum atomic E-state index is 11.7. The zero-order valence-corrected chi connectivity index (χ0v) is 14.1. The Labute approximate surface area is 144 Å². The van der Waals surface area contributed by atoms with Gasteiger partial charge in [-0.05, 0) is 49.7 Å². The number of ether oxygens (including phenoxy) is 2. The Morgan fingerprint density at radius 2 is 2.08 bits per heavy atom. The third-order valence-corrected chi connectivity index (χ3v) is 3.62. The molecule has 1 N–H and O–H groups in total. The molecular weight excluding hydrogens is 334 g/mol. The molecule has 0 saturated carbocycles. The molecule has 0 unspecified atom stereocenters.